The Bertz CT molecular complexity index is 373. The van der Waals surface area contributed by atoms with Crippen LogP contribution in [-0.2, 0) is 4.79 Å². The number of carboxylic acid groups (broad SMARTS) is 1. The normalized spacial score (nSPS) is 28.9. The molecule has 2 unspecified atom stereocenters. The zero-order chi connectivity index (χ0) is 11.8. The summed E-state index contributed by atoms with van der Waals surface area (Å²) in [5.74, 6) is -4.98. The summed E-state index contributed by atoms with van der Waals surface area (Å²) in [6.45, 7) is 0. The van der Waals surface area contributed by atoms with E-state index in [0.717, 1.165) is 0 Å². The van der Waals surface area contributed by atoms with Crippen molar-refractivity contribution < 1.29 is 23.1 Å². The molecule has 0 aliphatic heterocycles. The predicted molar refractivity (Wildman–Crippen MR) is 51.4 cm³/mol. The zero-order valence-electron chi connectivity index (χ0n) is 8.53. The van der Waals surface area contributed by atoms with E-state index in [0.29, 0.717) is 5.76 Å². The summed E-state index contributed by atoms with van der Waals surface area (Å²) in [6, 6.07) is 3.14. The quantitative estimate of drug-likeness (QED) is 0.849. The van der Waals surface area contributed by atoms with Crippen molar-refractivity contribution >= 4 is 5.97 Å². The van der Waals surface area contributed by atoms with Gasteiger partial charge in [-0.15, -0.1) is 0 Å². The highest BCUT2D eigenvalue weighted by Crippen LogP contribution is 2.45. The number of hydrogen-bond acceptors (Lipinski definition) is 2. The highest BCUT2D eigenvalue weighted by Gasteiger charge is 2.45. The molecule has 0 amide bonds. The summed E-state index contributed by atoms with van der Waals surface area (Å²) >= 11 is 0. The van der Waals surface area contributed by atoms with Crippen molar-refractivity contribution in [3.05, 3.63) is 24.2 Å². The smallest absolute Gasteiger partial charge is 0.307 e. The largest absolute Gasteiger partial charge is 0.481 e. The Hall–Kier alpha value is -1.39. The van der Waals surface area contributed by atoms with Gasteiger partial charge in [-0.3, -0.25) is 4.79 Å². The molecular formula is C11H12F2O3. The number of alkyl halides is 2. The number of rotatable bonds is 2. The molecular weight excluding hydrogens is 218 g/mol. The van der Waals surface area contributed by atoms with E-state index >= 15 is 0 Å². The maximum absolute atomic E-state index is 13.2. The van der Waals surface area contributed by atoms with Crippen LogP contribution in [0.3, 0.4) is 0 Å². The maximum atomic E-state index is 13.2. The fraction of sp³-hybridized carbons (Fsp3) is 0.545. The van der Waals surface area contributed by atoms with Crippen LogP contribution in [-0.4, -0.2) is 17.0 Å². The van der Waals surface area contributed by atoms with E-state index in [1.165, 1.54) is 6.26 Å². The molecule has 5 heteroatoms. The summed E-state index contributed by atoms with van der Waals surface area (Å²) in [7, 11) is 0. The van der Waals surface area contributed by atoms with Crippen LogP contribution in [0.2, 0.25) is 0 Å². The van der Waals surface area contributed by atoms with Crippen LogP contribution in [0, 0.1) is 5.92 Å². The minimum absolute atomic E-state index is 0.00625. The topological polar surface area (TPSA) is 50.4 Å². The molecule has 16 heavy (non-hydrogen) atoms. The second-order valence-electron chi connectivity index (χ2n) is 4.17. The summed E-state index contributed by atoms with van der Waals surface area (Å²) in [6.07, 6.45) is 0.563. The molecule has 2 atom stereocenters. The Labute approximate surface area is 91.1 Å². The molecule has 1 N–H and O–H groups in total. The number of aliphatic carboxylic acids is 1. The van der Waals surface area contributed by atoms with E-state index < -0.39 is 30.1 Å². The van der Waals surface area contributed by atoms with Crippen molar-refractivity contribution in [1.82, 2.24) is 0 Å². The zero-order valence-corrected chi connectivity index (χ0v) is 8.53. The molecule has 2 rings (SSSR count). The second kappa shape index (κ2) is 3.88. The van der Waals surface area contributed by atoms with Crippen LogP contribution in [0.25, 0.3) is 0 Å². The lowest BCUT2D eigenvalue weighted by molar-refractivity contribution is -0.147. The van der Waals surface area contributed by atoms with Gasteiger partial charge in [0.25, 0.3) is 0 Å². The van der Waals surface area contributed by atoms with Gasteiger partial charge >= 0.3 is 5.97 Å². The lowest BCUT2D eigenvalue weighted by atomic mass is 9.76. The van der Waals surface area contributed by atoms with Crippen LogP contribution < -0.4 is 0 Å². The third-order valence-corrected chi connectivity index (χ3v) is 3.05. The van der Waals surface area contributed by atoms with E-state index in [1.54, 1.807) is 12.1 Å². The number of halogens is 2. The molecule has 0 spiro atoms. The molecule has 1 heterocycles. The minimum atomic E-state index is -2.79. The van der Waals surface area contributed by atoms with Crippen LogP contribution in [0.4, 0.5) is 8.78 Å². The SMILES string of the molecule is O=C(O)C1CCC(F)(F)CC1c1ccco1. The Morgan fingerprint density at radius 1 is 1.56 bits per heavy atom. The van der Waals surface area contributed by atoms with Gasteiger partial charge in [-0.2, -0.15) is 0 Å². The van der Waals surface area contributed by atoms with Gasteiger partial charge in [-0.1, -0.05) is 0 Å². The molecule has 3 nitrogen and oxygen atoms in total. The lowest BCUT2D eigenvalue weighted by Gasteiger charge is -2.32. The molecule has 1 aromatic heterocycles. The van der Waals surface area contributed by atoms with Crippen molar-refractivity contribution in [3.63, 3.8) is 0 Å². The van der Waals surface area contributed by atoms with Gasteiger partial charge in [0.05, 0.1) is 12.2 Å². The molecule has 0 bridgehead atoms. The maximum Gasteiger partial charge on any atom is 0.307 e. The fourth-order valence-corrected chi connectivity index (χ4v) is 2.23. The standard InChI is InChI=1S/C11H12F2O3/c12-11(13)4-3-7(10(14)15)8(6-11)9-2-1-5-16-9/h1-2,5,7-8H,3-4,6H2,(H,14,15). The Morgan fingerprint density at radius 3 is 2.88 bits per heavy atom. The molecule has 1 fully saturated rings. The summed E-state index contributed by atoms with van der Waals surface area (Å²) in [5.41, 5.74) is 0. The average molecular weight is 230 g/mol. The Kier molecular flexibility index (Phi) is 2.69. The Morgan fingerprint density at radius 2 is 2.31 bits per heavy atom. The van der Waals surface area contributed by atoms with Crippen molar-refractivity contribution in [1.29, 1.82) is 0 Å². The van der Waals surface area contributed by atoms with Gasteiger partial charge in [0.2, 0.25) is 5.92 Å². The molecule has 1 saturated carbocycles. The summed E-state index contributed by atoms with van der Waals surface area (Å²) < 4.78 is 31.5. The van der Waals surface area contributed by atoms with Crippen LogP contribution in [0.5, 0.6) is 0 Å². The van der Waals surface area contributed by atoms with Crippen molar-refractivity contribution in [2.24, 2.45) is 5.92 Å². The molecule has 1 aliphatic carbocycles. The van der Waals surface area contributed by atoms with Crippen LogP contribution in [0.15, 0.2) is 22.8 Å². The van der Waals surface area contributed by atoms with Gasteiger partial charge in [-0.05, 0) is 18.6 Å². The first kappa shape index (κ1) is 11.1. The fourth-order valence-electron chi connectivity index (χ4n) is 2.23. The first-order valence-corrected chi connectivity index (χ1v) is 5.14. The molecule has 1 aliphatic rings. The van der Waals surface area contributed by atoms with Crippen LogP contribution >= 0.6 is 0 Å². The molecule has 1 aromatic rings. The van der Waals surface area contributed by atoms with Crippen molar-refractivity contribution in [2.75, 3.05) is 0 Å². The molecule has 0 aromatic carbocycles. The number of hydrogen-bond donors (Lipinski definition) is 1. The summed E-state index contributed by atoms with van der Waals surface area (Å²) in [4.78, 5) is 11.0. The van der Waals surface area contributed by atoms with Gasteiger partial charge < -0.3 is 9.52 Å². The monoisotopic (exact) mass is 230 g/mol. The lowest BCUT2D eigenvalue weighted by Crippen LogP contribution is -2.34. The number of carboxylic acids is 1. The van der Waals surface area contributed by atoms with Crippen molar-refractivity contribution in [2.45, 2.75) is 31.1 Å². The van der Waals surface area contributed by atoms with Gasteiger partial charge in [0.15, 0.2) is 0 Å². The van der Waals surface area contributed by atoms with Gasteiger partial charge in [0, 0.05) is 18.8 Å². The predicted octanol–water partition coefficient (Wildman–Crippen LogP) is 2.88. The average Bonchev–Trinajstić information content (AvgIpc) is 2.68. The van der Waals surface area contributed by atoms with E-state index in [-0.39, 0.29) is 12.8 Å². The van der Waals surface area contributed by atoms with Crippen LogP contribution in [0.1, 0.15) is 30.9 Å². The second-order valence-corrected chi connectivity index (χ2v) is 4.17. The van der Waals surface area contributed by atoms with E-state index in [1.807, 2.05) is 0 Å². The summed E-state index contributed by atoms with van der Waals surface area (Å²) in [5, 5.41) is 8.99. The van der Waals surface area contributed by atoms with Crippen molar-refractivity contribution in [3.8, 4) is 0 Å². The molecule has 0 saturated heterocycles. The highest BCUT2D eigenvalue weighted by atomic mass is 19.3. The first-order chi connectivity index (χ1) is 7.49. The number of furan rings is 1. The Balaban J connectivity index is 2.25. The number of carbonyl (C=O) groups is 1. The highest BCUT2D eigenvalue weighted by molar-refractivity contribution is 5.71. The van der Waals surface area contributed by atoms with Gasteiger partial charge in [-0.25, -0.2) is 8.78 Å². The van der Waals surface area contributed by atoms with E-state index in [4.69, 9.17) is 9.52 Å². The van der Waals surface area contributed by atoms with E-state index in [2.05, 4.69) is 0 Å². The third kappa shape index (κ3) is 2.08. The molecule has 0 radical (unpaired) electrons. The first-order valence-electron chi connectivity index (χ1n) is 5.14. The van der Waals surface area contributed by atoms with Gasteiger partial charge in [0.1, 0.15) is 5.76 Å². The van der Waals surface area contributed by atoms with E-state index in [9.17, 15) is 13.6 Å². The molecule has 88 valence electrons. The third-order valence-electron chi connectivity index (χ3n) is 3.05. The minimum Gasteiger partial charge on any atom is -0.481 e.